The molecule has 1 N–H and O–H groups in total. The van der Waals surface area contributed by atoms with Gasteiger partial charge in [0.1, 0.15) is 5.75 Å². The molecule has 1 aromatic carbocycles. The van der Waals surface area contributed by atoms with Gasteiger partial charge in [0.2, 0.25) is 5.91 Å². The Morgan fingerprint density at radius 3 is 2.94 bits per heavy atom. The van der Waals surface area contributed by atoms with Crippen molar-refractivity contribution >= 4 is 5.91 Å². The van der Waals surface area contributed by atoms with E-state index in [1.165, 1.54) is 11.1 Å². The summed E-state index contributed by atoms with van der Waals surface area (Å²) >= 11 is 0. The summed E-state index contributed by atoms with van der Waals surface area (Å²) in [6.07, 6.45) is 2.75. The van der Waals surface area contributed by atoms with E-state index >= 15 is 0 Å². The summed E-state index contributed by atoms with van der Waals surface area (Å²) in [4.78, 5) is 11.6. The number of rotatable bonds is 1. The van der Waals surface area contributed by atoms with Crippen LogP contribution in [0.4, 0.5) is 0 Å². The van der Waals surface area contributed by atoms with Crippen LogP contribution in [-0.4, -0.2) is 19.1 Å². The van der Waals surface area contributed by atoms with Crippen molar-refractivity contribution < 1.29 is 9.53 Å². The smallest absolute Gasteiger partial charge is 0.221 e. The third-order valence-corrected chi connectivity index (χ3v) is 4.38. The van der Waals surface area contributed by atoms with Crippen LogP contribution in [0, 0.1) is 0 Å². The van der Waals surface area contributed by atoms with E-state index in [2.05, 4.69) is 24.4 Å². The Morgan fingerprint density at radius 2 is 2.29 bits per heavy atom. The van der Waals surface area contributed by atoms with Gasteiger partial charge in [-0.15, -0.1) is 0 Å². The van der Waals surface area contributed by atoms with Crippen molar-refractivity contribution in [2.75, 3.05) is 7.11 Å². The highest BCUT2D eigenvalue weighted by Crippen LogP contribution is 2.47. The third-order valence-electron chi connectivity index (χ3n) is 4.38. The molecule has 1 spiro atoms. The average molecular weight is 231 g/mol. The monoisotopic (exact) mass is 231 g/mol. The summed E-state index contributed by atoms with van der Waals surface area (Å²) in [5, 5.41) is 3.05. The zero-order valence-electron chi connectivity index (χ0n) is 10.2. The molecule has 1 heterocycles. The van der Waals surface area contributed by atoms with Crippen molar-refractivity contribution in [2.24, 2.45) is 0 Å². The molecule has 0 radical (unpaired) electrons. The number of carbonyl (C=O) groups is 1. The number of hydrogen-bond acceptors (Lipinski definition) is 2. The summed E-state index contributed by atoms with van der Waals surface area (Å²) in [6, 6.07) is 6.48. The van der Waals surface area contributed by atoms with E-state index in [1.807, 2.05) is 6.07 Å². The quantitative estimate of drug-likeness (QED) is 0.800. The minimum Gasteiger partial charge on any atom is -0.497 e. The fourth-order valence-electron chi connectivity index (χ4n) is 3.36. The standard InChI is InChI=1S/C14H17NO2/c1-9-14(8-13(16)15-9)6-5-10-3-4-11(17-2)7-12(10)14/h3-4,7,9H,5-6,8H2,1-2H3,(H,15,16). The molecular formula is C14H17NO2. The molecule has 2 atom stereocenters. The number of aryl methyl sites for hydroxylation is 1. The lowest BCUT2D eigenvalue weighted by Gasteiger charge is -2.28. The maximum atomic E-state index is 11.6. The Labute approximate surface area is 101 Å². The largest absolute Gasteiger partial charge is 0.497 e. The summed E-state index contributed by atoms with van der Waals surface area (Å²) in [5.74, 6) is 1.06. The molecule has 0 bridgehead atoms. The van der Waals surface area contributed by atoms with Crippen LogP contribution in [0.15, 0.2) is 18.2 Å². The minimum absolute atomic E-state index is 0.000949. The summed E-state index contributed by atoms with van der Waals surface area (Å²) in [5.41, 5.74) is 2.68. The molecule has 3 nitrogen and oxygen atoms in total. The van der Waals surface area contributed by atoms with Gasteiger partial charge in [-0.25, -0.2) is 0 Å². The lowest BCUT2D eigenvalue weighted by atomic mass is 9.76. The van der Waals surface area contributed by atoms with Crippen LogP contribution in [0.1, 0.15) is 30.9 Å². The van der Waals surface area contributed by atoms with Crippen molar-refractivity contribution in [3.8, 4) is 5.75 Å². The lowest BCUT2D eigenvalue weighted by molar-refractivity contribution is -0.119. The molecule has 1 fully saturated rings. The Balaban J connectivity index is 2.11. The molecule has 17 heavy (non-hydrogen) atoms. The van der Waals surface area contributed by atoms with Gasteiger partial charge >= 0.3 is 0 Å². The number of hydrogen-bond donors (Lipinski definition) is 1. The highest BCUT2D eigenvalue weighted by molar-refractivity contribution is 5.82. The lowest BCUT2D eigenvalue weighted by Crippen LogP contribution is -2.36. The average Bonchev–Trinajstić information content (AvgIpc) is 2.82. The molecule has 3 rings (SSSR count). The molecule has 90 valence electrons. The number of ether oxygens (including phenoxy) is 1. The van der Waals surface area contributed by atoms with Gasteiger partial charge in [0.25, 0.3) is 0 Å². The molecule has 1 aromatic rings. The molecule has 1 aliphatic heterocycles. The molecule has 0 saturated carbocycles. The van der Waals surface area contributed by atoms with Gasteiger partial charge in [0.05, 0.1) is 7.11 Å². The number of methoxy groups -OCH3 is 1. The highest BCUT2D eigenvalue weighted by atomic mass is 16.5. The first-order valence-electron chi connectivity index (χ1n) is 6.12. The van der Waals surface area contributed by atoms with Gasteiger partial charge in [-0.2, -0.15) is 0 Å². The number of amides is 1. The molecular weight excluding hydrogens is 214 g/mol. The molecule has 1 aliphatic carbocycles. The second-order valence-corrected chi connectivity index (χ2v) is 5.15. The normalized spacial score (nSPS) is 30.5. The number of benzene rings is 1. The first-order chi connectivity index (χ1) is 8.15. The molecule has 2 aliphatic rings. The summed E-state index contributed by atoms with van der Waals surface area (Å²) in [7, 11) is 1.69. The van der Waals surface area contributed by atoms with Crippen molar-refractivity contribution in [3.63, 3.8) is 0 Å². The van der Waals surface area contributed by atoms with Crippen molar-refractivity contribution in [1.82, 2.24) is 5.32 Å². The molecule has 0 aromatic heterocycles. The second kappa shape index (κ2) is 3.49. The number of fused-ring (bicyclic) bond motifs is 2. The van der Waals surface area contributed by atoms with Crippen LogP contribution in [-0.2, 0) is 16.6 Å². The van der Waals surface area contributed by atoms with Gasteiger partial charge in [0, 0.05) is 17.9 Å². The van der Waals surface area contributed by atoms with Crippen LogP contribution in [0.5, 0.6) is 5.75 Å². The van der Waals surface area contributed by atoms with Gasteiger partial charge in [-0.1, -0.05) is 6.07 Å². The van der Waals surface area contributed by atoms with E-state index in [9.17, 15) is 4.79 Å². The first-order valence-corrected chi connectivity index (χ1v) is 6.12. The Bertz CT molecular complexity index is 483. The van der Waals surface area contributed by atoms with Crippen LogP contribution in [0.25, 0.3) is 0 Å². The van der Waals surface area contributed by atoms with E-state index in [0.29, 0.717) is 6.42 Å². The van der Waals surface area contributed by atoms with Gasteiger partial charge < -0.3 is 10.1 Å². The number of nitrogens with one attached hydrogen (secondary N) is 1. The summed E-state index contributed by atoms with van der Waals surface area (Å²) < 4.78 is 5.30. The van der Waals surface area contributed by atoms with Crippen LogP contribution in [0.3, 0.4) is 0 Å². The topological polar surface area (TPSA) is 38.3 Å². The Kier molecular flexibility index (Phi) is 2.18. The SMILES string of the molecule is COc1ccc2c(c1)C1(CC2)CC(=O)NC1C. The minimum atomic E-state index is 0.000949. The molecule has 2 unspecified atom stereocenters. The maximum Gasteiger partial charge on any atom is 0.221 e. The summed E-state index contributed by atoms with van der Waals surface area (Å²) in [6.45, 7) is 2.11. The predicted octanol–water partition coefficient (Wildman–Crippen LogP) is 1.79. The van der Waals surface area contributed by atoms with Crippen molar-refractivity contribution in [3.05, 3.63) is 29.3 Å². The number of carbonyl (C=O) groups excluding carboxylic acids is 1. The van der Waals surface area contributed by atoms with E-state index in [0.717, 1.165) is 18.6 Å². The van der Waals surface area contributed by atoms with E-state index in [1.54, 1.807) is 7.11 Å². The fraction of sp³-hybridized carbons (Fsp3) is 0.500. The van der Waals surface area contributed by atoms with Gasteiger partial charge in [-0.3, -0.25) is 4.79 Å². The maximum absolute atomic E-state index is 11.6. The van der Waals surface area contributed by atoms with Crippen molar-refractivity contribution in [1.29, 1.82) is 0 Å². The highest BCUT2D eigenvalue weighted by Gasteiger charge is 2.49. The molecule has 3 heteroatoms. The van der Waals surface area contributed by atoms with Crippen LogP contribution in [0.2, 0.25) is 0 Å². The molecule has 1 saturated heterocycles. The predicted molar refractivity (Wildman–Crippen MR) is 65.2 cm³/mol. The van der Waals surface area contributed by atoms with Crippen LogP contribution >= 0.6 is 0 Å². The third kappa shape index (κ3) is 1.38. The first kappa shape index (κ1) is 10.6. The van der Waals surface area contributed by atoms with E-state index in [-0.39, 0.29) is 17.4 Å². The van der Waals surface area contributed by atoms with Crippen molar-refractivity contribution in [2.45, 2.75) is 37.6 Å². The Morgan fingerprint density at radius 1 is 1.47 bits per heavy atom. The van der Waals surface area contributed by atoms with E-state index in [4.69, 9.17) is 4.74 Å². The van der Waals surface area contributed by atoms with Gasteiger partial charge in [-0.05, 0) is 43.0 Å². The zero-order chi connectivity index (χ0) is 12.0. The van der Waals surface area contributed by atoms with E-state index < -0.39 is 0 Å². The fourth-order valence-corrected chi connectivity index (χ4v) is 3.36. The van der Waals surface area contributed by atoms with Gasteiger partial charge in [0.15, 0.2) is 0 Å². The van der Waals surface area contributed by atoms with Crippen LogP contribution < -0.4 is 10.1 Å². The zero-order valence-corrected chi connectivity index (χ0v) is 10.2. The molecule has 1 amide bonds. The second-order valence-electron chi connectivity index (χ2n) is 5.15. The Hall–Kier alpha value is -1.51.